The van der Waals surface area contributed by atoms with Crippen LogP contribution in [-0.4, -0.2) is 30.6 Å². The van der Waals surface area contributed by atoms with Gasteiger partial charge in [0.2, 0.25) is 0 Å². The van der Waals surface area contributed by atoms with E-state index in [2.05, 4.69) is 6.26 Å². The zero-order chi connectivity index (χ0) is 7.70. The molecule has 0 unspecified atom stereocenters. The molecule has 2 N–H and O–H groups in total. The Kier molecular flexibility index (Phi) is 14.8. The van der Waals surface area contributed by atoms with Crippen LogP contribution in [0.1, 0.15) is 13.8 Å². The molecule has 0 aliphatic rings. The van der Waals surface area contributed by atoms with Gasteiger partial charge in [0.15, 0.2) is 0 Å². The van der Waals surface area contributed by atoms with Gasteiger partial charge >= 0.3 is 0 Å². The fraction of sp³-hybridized carbons (Fsp3) is 1.00. The molecule has 0 rings (SSSR count). The maximum absolute atomic E-state index is 5.30. The Labute approximate surface area is 62.8 Å². The largest absolute Gasteiger partial charge is 0.269 e. The molecular weight excluding hydrogens is 132 g/mol. The van der Waals surface area contributed by atoms with E-state index in [4.69, 9.17) is 5.84 Å². The number of hydrogen-bond donors (Lipinski definition) is 1. The van der Waals surface area contributed by atoms with Gasteiger partial charge in [-0.2, -0.15) is 11.8 Å². The monoisotopic (exact) mass is 150 g/mol. The lowest BCUT2D eigenvalue weighted by atomic mass is 10.7. The van der Waals surface area contributed by atoms with Crippen molar-refractivity contribution in [3.63, 3.8) is 0 Å². The second kappa shape index (κ2) is 11.1. The van der Waals surface area contributed by atoms with Crippen LogP contribution in [0.3, 0.4) is 0 Å². The highest BCUT2D eigenvalue weighted by atomic mass is 32.2. The van der Waals surface area contributed by atoms with E-state index in [0.717, 1.165) is 12.3 Å². The molecule has 58 valence electrons. The number of hydrogen-bond acceptors (Lipinski definition) is 3. The van der Waals surface area contributed by atoms with Crippen molar-refractivity contribution in [3.05, 3.63) is 0 Å². The van der Waals surface area contributed by atoms with Crippen LogP contribution in [0.15, 0.2) is 0 Å². The van der Waals surface area contributed by atoms with E-state index >= 15 is 0 Å². The van der Waals surface area contributed by atoms with Crippen LogP contribution < -0.4 is 5.84 Å². The highest BCUT2D eigenvalue weighted by molar-refractivity contribution is 7.98. The van der Waals surface area contributed by atoms with E-state index in [1.54, 1.807) is 5.01 Å². The van der Waals surface area contributed by atoms with Crippen molar-refractivity contribution in [2.24, 2.45) is 5.84 Å². The van der Waals surface area contributed by atoms with Crippen LogP contribution in [-0.2, 0) is 0 Å². The topological polar surface area (TPSA) is 29.3 Å². The molecule has 0 atom stereocenters. The minimum atomic E-state index is 0.973. The summed E-state index contributed by atoms with van der Waals surface area (Å²) in [6, 6.07) is 0. The van der Waals surface area contributed by atoms with Crippen LogP contribution in [0.5, 0.6) is 0 Å². The van der Waals surface area contributed by atoms with E-state index in [9.17, 15) is 0 Å². The maximum Gasteiger partial charge on any atom is 0.0216 e. The number of rotatable bonds is 3. The Morgan fingerprint density at radius 2 is 1.89 bits per heavy atom. The van der Waals surface area contributed by atoms with Crippen molar-refractivity contribution in [2.45, 2.75) is 13.8 Å². The summed E-state index contributed by atoms with van der Waals surface area (Å²) in [6.45, 7) is 4.97. The van der Waals surface area contributed by atoms with Gasteiger partial charge in [-0.05, 0) is 6.26 Å². The molecule has 3 heteroatoms. The molecule has 0 saturated carbocycles. The summed E-state index contributed by atoms with van der Waals surface area (Å²) in [5.41, 5.74) is 0. The number of nitrogens with two attached hydrogens (primary N) is 1. The van der Waals surface area contributed by atoms with E-state index < -0.39 is 0 Å². The summed E-state index contributed by atoms with van der Waals surface area (Å²) in [7, 11) is 1.87. The molecule has 0 spiro atoms. The third-order valence-corrected chi connectivity index (χ3v) is 1.24. The highest BCUT2D eigenvalue weighted by Crippen LogP contribution is 1.88. The number of thioether (sulfide) groups is 1. The van der Waals surface area contributed by atoms with Crippen LogP contribution in [0.25, 0.3) is 0 Å². The Morgan fingerprint density at radius 3 is 2.00 bits per heavy atom. The molecule has 0 heterocycles. The van der Waals surface area contributed by atoms with E-state index in [0.29, 0.717) is 0 Å². The van der Waals surface area contributed by atoms with Gasteiger partial charge < -0.3 is 0 Å². The first kappa shape index (κ1) is 12.0. The first-order valence-corrected chi connectivity index (χ1v) is 4.61. The Bertz CT molecular complexity index is 40.0. The number of hydrazine groups is 1. The first-order chi connectivity index (χ1) is 4.27. The van der Waals surface area contributed by atoms with Crippen molar-refractivity contribution < 1.29 is 0 Å². The molecule has 0 aromatic rings. The minimum Gasteiger partial charge on any atom is -0.269 e. The quantitative estimate of drug-likeness (QED) is 0.484. The summed E-state index contributed by atoms with van der Waals surface area (Å²) in [6.07, 6.45) is 2.07. The molecule has 0 radical (unpaired) electrons. The molecule has 0 aromatic heterocycles. The van der Waals surface area contributed by atoms with Crippen molar-refractivity contribution in [2.75, 3.05) is 25.6 Å². The molecule has 0 saturated heterocycles. The second-order valence-electron chi connectivity index (χ2n) is 1.47. The summed E-state index contributed by atoms with van der Waals surface area (Å²) in [4.78, 5) is 0. The smallest absolute Gasteiger partial charge is 0.0216 e. The molecule has 0 aromatic carbocycles. The highest BCUT2D eigenvalue weighted by Gasteiger charge is 1.84. The molecule has 0 aliphatic heterocycles. The zero-order valence-electron chi connectivity index (χ0n) is 6.85. The summed E-state index contributed by atoms with van der Waals surface area (Å²) >= 11 is 1.81. The molecule has 0 bridgehead atoms. The molecular formula is C6H18N2S. The predicted octanol–water partition coefficient (Wildman–Crippen LogP) is 1.18. The average molecular weight is 150 g/mol. The standard InChI is InChI=1S/C4H12N2S.C2H6/c1-6(5)3-4-7-2;1-2/h3-5H2,1-2H3;1-2H3. The zero-order valence-corrected chi connectivity index (χ0v) is 7.66. The summed E-state index contributed by atoms with van der Waals surface area (Å²) in [5.74, 6) is 6.42. The first-order valence-electron chi connectivity index (χ1n) is 3.22. The third-order valence-electron chi connectivity index (χ3n) is 0.648. The number of nitrogens with zero attached hydrogens (tertiary/aromatic N) is 1. The van der Waals surface area contributed by atoms with E-state index in [-0.39, 0.29) is 0 Å². The SMILES string of the molecule is CC.CSCCN(C)N. The van der Waals surface area contributed by atoms with Gasteiger partial charge in [-0.25, -0.2) is 5.01 Å². The summed E-state index contributed by atoms with van der Waals surface area (Å²) in [5, 5.41) is 1.69. The minimum absolute atomic E-state index is 0.973. The Balaban J connectivity index is 0. The van der Waals surface area contributed by atoms with Crippen molar-refractivity contribution in [3.8, 4) is 0 Å². The normalized spacial score (nSPS) is 8.67. The van der Waals surface area contributed by atoms with Gasteiger partial charge in [-0.3, -0.25) is 5.84 Å². The van der Waals surface area contributed by atoms with Crippen LogP contribution in [0, 0.1) is 0 Å². The molecule has 0 aliphatic carbocycles. The van der Waals surface area contributed by atoms with E-state index in [1.807, 2.05) is 32.7 Å². The van der Waals surface area contributed by atoms with Gasteiger partial charge in [-0.1, -0.05) is 13.8 Å². The van der Waals surface area contributed by atoms with Gasteiger partial charge in [0.1, 0.15) is 0 Å². The predicted molar refractivity (Wildman–Crippen MR) is 46.5 cm³/mol. The second-order valence-corrected chi connectivity index (χ2v) is 2.46. The lowest BCUT2D eigenvalue weighted by molar-refractivity contribution is 0.373. The van der Waals surface area contributed by atoms with Crippen LogP contribution in [0.4, 0.5) is 0 Å². The lowest BCUT2D eigenvalue weighted by Crippen LogP contribution is -2.28. The van der Waals surface area contributed by atoms with Gasteiger partial charge in [0.25, 0.3) is 0 Å². The average Bonchev–Trinajstić information content (AvgIpc) is 1.88. The van der Waals surface area contributed by atoms with Gasteiger partial charge in [-0.15, -0.1) is 0 Å². The Hall–Kier alpha value is 0.270. The lowest BCUT2D eigenvalue weighted by Gasteiger charge is -2.05. The third kappa shape index (κ3) is 17.8. The molecule has 2 nitrogen and oxygen atoms in total. The fourth-order valence-electron chi connectivity index (χ4n) is 0.235. The van der Waals surface area contributed by atoms with Crippen molar-refractivity contribution >= 4 is 11.8 Å². The van der Waals surface area contributed by atoms with Gasteiger partial charge in [0, 0.05) is 19.3 Å². The van der Waals surface area contributed by atoms with Crippen LogP contribution in [0.2, 0.25) is 0 Å². The summed E-state index contributed by atoms with van der Waals surface area (Å²) < 4.78 is 0. The maximum atomic E-state index is 5.30. The molecule has 9 heavy (non-hydrogen) atoms. The molecule has 0 amide bonds. The molecule has 0 fully saturated rings. The van der Waals surface area contributed by atoms with E-state index in [1.165, 1.54) is 0 Å². The fourth-order valence-corrected chi connectivity index (χ4v) is 0.706. The van der Waals surface area contributed by atoms with Crippen LogP contribution >= 0.6 is 11.8 Å². The Morgan fingerprint density at radius 1 is 1.44 bits per heavy atom. The van der Waals surface area contributed by atoms with Crippen molar-refractivity contribution in [1.29, 1.82) is 0 Å². The van der Waals surface area contributed by atoms with Crippen molar-refractivity contribution in [1.82, 2.24) is 5.01 Å². The van der Waals surface area contributed by atoms with Gasteiger partial charge in [0.05, 0.1) is 0 Å².